The van der Waals surface area contributed by atoms with Gasteiger partial charge >= 0.3 is 11.9 Å². The molecule has 1 aliphatic rings. The van der Waals surface area contributed by atoms with Crippen LogP contribution in [0.4, 0.5) is 0 Å². The van der Waals surface area contributed by atoms with Crippen LogP contribution in [0.15, 0.2) is 91.0 Å². The van der Waals surface area contributed by atoms with E-state index in [0.717, 1.165) is 16.7 Å². The number of carbonyl (C=O) groups is 2. The number of hydrogen-bond donors (Lipinski definition) is 1. The average molecular weight is 400 g/mol. The third-order valence-corrected chi connectivity index (χ3v) is 6.04. The Hall–Kier alpha value is -3.40. The van der Waals surface area contributed by atoms with E-state index in [0.29, 0.717) is 0 Å². The lowest BCUT2D eigenvalue weighted by molar-refractivity contribution is -0.167. The second-order valence-corrected chi connectivity index (χ2v) is 7.75. The highest BCUT2D eigenvalue weighted by atomic mass is 16.5. The lowest BCUT2D eigenvalue weighted by atomic mass is 9.52. The van der Waals surface area contributed by atoms with E-state index in [2.05, 4.69) is 0 Å². The zero-order chi connectivity index (χ0) is 21.1. The molecule has 0 unspecified atom stereocenters. The molecule has 0 saturated heterocycles. The van der Waals surface area contributed by atoms with Crippen molar-refractivity contribution >= 4 is 11.9 Å². The van der Waals surface area contributed by atoms with Gasteiger partial charge < -0.3 is 9.84 Å². The average Bonchev–Trinajstić information content (AvgIpc) is 2.75. The van der Waals surface area contributed by atoms with Crippen molar-refractivity contribution in [3.8, 4) is 0 Å². The largest absolute Gasteiger partial charge is 0.481 e. The molecule has 0 aromatic heterocycles. The molecule has 0 spiro atoms. The summed E-state index contributed by atoms with van der Waals surface area (Å²) < 4.78 is 5.84. The molecule has 0 bridgehead atoms. The van der Waals surface area contributed by atoms with Gasteiger partial charge in [-0.2, -0.15) is 0 Å². The molecular formula is C26H24O4. The monoisotopic (exact) mass is 400 g/mol. The van der Waals surface area contributed by atoms with Crippen molar-refractivity contribution in [1.82, 2.24) is 0 Å². The van der Waals surface area contributed by atoms with E-state index in [9.17, 15) is 14.7 Å². The van der Waals surface area contributed by atoms with Crippen molar-refractivity contribution in [3.63, 3.8) is 0 Å². The van der Waals surface area contributed by atoms with Gasteiger partial charge in [0.25, 0.3) is 0 Å². The highest BCUT2D eigenvalue weighted by Gasteiger charge is 2.59. The summed E-state index contributed by atoms with van der Waals surface area (Å²) in [5.74, 6) is -3.33. The zero-order valence-electron chi connectivity index (χ0n) is 16.7. The Labute approximate surface area is 176 Å². The van der Waals surface area contributed by atoms with Crippen LogP contribution >= 0.6 is 0 Å². The van der Waals surface area contributed by atoms with Crippen LogP contribution in [0.5, 0.6) is 0 Å². The smallest absolute Gasteiger partial charge is 0.310 e. The van der Waals surface area contributed by atoms with Gasteiger partial charge in [-0.05, 0) is 23.6 Å². The maximum Gasteiger partial charge on any atom is 0.310 e. The van der Waals surface area contributed by atoms with E-state index >= 15 is 0 Å². The van der Waals surface area contributed by atoms with E-state index in [1.165, 1.54) is 0 Å². The summed E-state index contributed by atoms with van der Waals surface area (Å²) in [5.41, 5.74) is 2.62. The highest BCUT2D eigenvalue weighted by molar-refractivity contribution is 5.84. The van der Waals surface area contributed by atoms with Crippen LogP contribution < -0.4 is 0 Å². The third kappa shape index (κ3) is 3.73. The molecule has 1 saturated carbocycles. The van der Waals surface area contributed by atoms with E-state index in [-0.39, 0.29) is 5.97 Å². The fraction of sp³-hybridized carbons (Fsp3) is 0.231. The predicted octanol–water partition coefficient (Wildman–Crippen LogP) is 5.19. The summed E-state index contributed by atoms with van der Waals surface area (Å²) in [7, 11) is 0. The van der Waals surface area contributed by atoms with Gasteiger partial charge in [0.15, 0.2) is 0 Å². The van der Waals surface area contributed by atoms with E-state index in [4.69, 9.17) is 4.74 Å². The molecule has 4 nitrogen and oxygen atoms in total. The molecule has 3 atom stereocenters. The number of esters is 1. The number of carboxylic acid groups (broad SMARTS) is 1. The Balaban J connectivity index is 1.68. The minimum absolute atomic E-state index is 0.355. The van der Waals surface area contributed by atoms with Gasteiger partial charge in [0, 0.05) is 11.8 Å². The van der Waals surface area contributed by atoms with E-state index in [1.54, 1.807) is 0 Å². The lowest BCUT2D eigenvalue weighted by Gasteiger charge is -2.49. The molecule has 152 valence electrons. The summed E-state index contributed by atoms with van der Waals surface area (Å²) in [6.07, 6.45) is -0.407. The maximum absolute atomic E-state index is 13.3. The first-order valence-corrected chi connectivity index (χ1v) is 10.2. The molecule has 1 aliphatic carbocycles. The minimum Gasteiger partial charge on any atom is -0.481 e. The molecule has 1 fully saturated rings. The Morgan fingerprint density at radius 2 is 1.17 bits per heavy atom. The second kappa shape index (κ2) is 8.54. The topological polar surface area (TPSA) is 63.6 Å². The standard InChI is InChI=1S/C26H24O4/c1-17(18-11-5-2-6-12-18)30-26(29)24-21(19-13-7-3-8-14-19)23(25(27)28)22(24)20-15-9-4-10-16-20/h2-17,21-24H,1H3,(H,27,28)/t17-,21-,22-,23?,24?/m0/s1. The molecule has 0 heterocycles. The van der Waals surface area contributed by atoms with E-state index in [1.807, 2.05) is 97.9 Å². The first-order chi connectivity index (χ1) is 14.6. The van der Waals surface area contributed by atoms with Gasteiger partial charge in [-0.3, -0.25) is 9.59 Å². The van der Waals surface area contributed by atoms with Gasteiger partial charge in [-0.1, -0.05) is 91.0 Å². The van der Waals surface area contributed by atoms with Crippen molar-refractivity contribution in [2.24, 2.45) is 11.8 Å². The summed E-state index contributed by atoms with van der Waals surface area (Å²) in [4.78, 5) is 25.5. The van der Waals surface area contributed by atoms with Crippen LogP contribution in [0, 0.1) is 11.8 Å². The van der Waals surface area contributed by atoms with Crippen molar-refractivity contribution in [2.75, 3.05) is 0 Å². The van der Waals surface area contributed by atoms with Gasteiger partial charge in [0.1, 0.15) is 6.10 Å². The molecular weight excluding hydrogens is 376 g/mol. The number of benzene rings is 3. The van der Waals surface area contributed by atoms with Crippen LogP contribution in [0.25, 0.3) is 0 Å². The predicted molar refractivity (Wildman–Crippen MR) is 114 cm³/mol. The van der Waals surface area contributed by atoms with E-state index < -0.39 is 35.7 Å². The van der Waals surface area contributed by atoms with Crippen LogP contribution in [-0.2, 0) is 14.3 Å². The van der Waals surface area contributed by atoms with Crippen molar-refractivity contribution in [3.05, 3.63) is 108 Å². The molecule has 4 rings (SSSR count). The van der Waals surface area contributed by atoms with Crippen LogP contribution in [0.2, 0.25) is 0 Å². The SMILES string of the molecule is C[C@H](OC(=O)C1[C@@H](c2ccccc2)C(C(=O)O)[C@@H]1c1ccccc1)c1ccccc1. The third-order valence-electron chi connectivity index (χ3n) is 6.04. The Kier molecular flexibility index (Phi) is 5.66. The molecule has 4 heteroatoms. The molecule has 1 N–H and O–H groups in total. The maximum atomic E-state index is 13.3. The van der Waals surface area contributed by atoms with Gasteiger partial charge in [0.05, 0.1) is 11.8 Å². The van der Waals surface area contributed by atoms with Crippen molar-refractivity contribution in [1.29, 1.82) is 0 Å². The first kappa shape index (κ1) is 19.9. The molecule has 0 amide bonds. The van der Waals surface area contributed by atoms with Crippen molar-refractivity contribution in [2.45, 2.75) is 24.9 Å². The molecule has 30 heavy (non-hydrogen) atoms. The quantitative estimate of drug-likeness (QED) is 0.579. The summed E-state index contributed by atoms with van der Waals surface area (Å²) in [5, 5.41) is 10.0. The summed E-state index contributed by atoms with van der Waals surface area (Å²) >= 11 is 0. The molecule has 3 aromatic rings. The number of carbonyl (C=O) groups excluding carboxylic acids is 1. The van der Waals surface area contributed by atoms with Crippen LogP contribution in [0.1, 0.15) is 41.6 Å². The van der Waals surface area contributed by atoms with Crippen LogP contribution in [0.3, 0.4) is 0 Å². The summed E-state index contributed by atoms with van der Waals surface area (Å²) in [6.45, 7) is 1.84. The fourth-order valence-corrected chi connectivity index (χ4v) is 4.57. The molecule has 3 aromatic carbocycles. The number of aliphatic carboxylic acids is 1. The Bertz CT molecular complexity index is 953. The number of hydrogen-bond acceptors (Lipinski definition) is 3. The lowest BCUT2D eigenvalue weighted by Crippen LogP contribution is -2.51. The van der Waals surface area contributed by atoms with Gasteiger partial charge in [-0.15, -0.1) is 0 Å². The van der Waals surface area contributed by atoms with Crippen LogP contribution in [-0.4, -0.2) is 17.0 Å². The van der Waals surface area contributed by atoms with Gasteiger partial charge in [0.2, 0.25) is 0 Å². The number of carboxylic acids is 1. The number of rotatable bonds is 6. The Morgan fingerprint density at radius 3 is 1.60 bits per heavy atom. The Morgan fingerprint density at radius 1 is 0.733 bits per heavy atom. The first-order valence-electron chi connectivity index (χ1n) is 10.2. The zero-order valence-corrected chi connectivity index (χ0v) is 16.7. The molecule has 0 aliphatic heterocycles. The number of ether oxygens (including phenoxy) is 1. The van der Waals surface area contributed by atoms with Gasteiger partial charge in [-0.25, -0.2) is 0 Å². The minimum atomic E-state index is -0.891. The molecule has 0 radical (unpaired) electrons. The summed E-state index contributed by atoms with van der Waals surface area (Å²) in [6, 6.07) is 28.4. The normalized spacial score (nSPS) is 23.8. The van der Waals surface area contributed by atoms with Crippen molar-refractivity contribution < 1.29 is 19.4 Å². The second-order valence-electron chi connectivity index (χ2n) is 7.75. The highest BCUT2D eigenvalue weighted by Crippen LogP contribution is 2.58. The fourth-order valence-electron chi connectivity index (χ4n) is 4.57.